The first-order valence-electron chi connectivity index (χ1n) is 6.46. The molecule has 2 aromatic rings. The molecule has 0 spiro atoms. The van der Waals surface area contributed by atoms with Crippen molar-refractivity contribution in [1.82, 2.24) is 14.9 Å². The van der Waals surface area contributed by atoms with E-state index in [0.29, 0.717) is 5.16 Å². The van der Waals surface area contributed by atoms with Gasteiger partial charge in [0, 0.05) is 18.5 Å². The summed E-state index contributed by atoms with van der Waals surface area (Å²) in [6.07, 6.45) is 3.43. The van der Waals surface area contributed by atoms with E-state index in [4.69, 9.17) is 10.5 Å². The van der Waals surface area contributed by atoms with Crippen LogP contribution in [0.25, 0.3) is 5.69 Å². The number of primary amides is 1. The number of amides is 3. The summed E-state index contributed by atoms with van der Waals surface area (Å²) in [5.41, 5.74) is 5.81. The first-order valence-corrected chi connectivity index (χ1v) is 7.34. The minimum Gasteiger partial charge on any atom is -0.497 e. The number of imide groups is 1. The van der Waals surface area contributed by atoms with Crippen molar-refractivity contribution in [2.75, 3.05) is 7.11 Å². The lowest BCUT2D eigenvalue weighted by Crippen LogP contribution is -2.39. The van der Waals surface area contributed by atoms with Gasteiger partial charge in [-0.05, 0) is 19.1 Å². The van der Waals surface area contributed by atoms with Gasteiger partial charge in [0.15, 0.2) is 5.16 Å². The second-order valence-corrected chi connectivity index (χ2v) is 5.70. The van der Waals surface area contributed by atoms with Crippen molar-refractivity contribution in [2.24, 2.45) is 5.73 Å². The first kappa shape index (κ1) is 15.9. The molecule has 0 saturated carbocycles. The smallest absolute Gasteiger partial charge is 0.318 e. The maximum atomic E-state index is 11.7. The highest BCUT2D eigenvalue weighted by Gasteiger charge is 2.18. The predicted octanol–water partition coefficient (Wildman–Crippen LogP) is 1.56. The highest BCUT2D eigenvalue weighted by molar-refractivity contribution is 8.00. The van der Waals surface area contributed by atoms with Crippen molar-refractivity contribution in [3.05, 3.63) is 36.7 Å². The summed E-state index contributed by atoms with van der Waals surface area (Å²) in [7, 11) is 1.60. The molecule has 1 unspecified atom stereocenters. The average molecular weight is 320 g/mol. The number of thioether (sulfide) groups is 1. The minimum atomic E-state index is -0.867. The van der Waals surface area contributed by atoms with Crippen LogP contribution in [0.2, 0.25) is 0 Å². The molecular formula is C14H16N4O3S. The number of urea groups is 1. The number of methoxy groups -OCH3 is 1. The molecule has 0 aliphatic heterocycles. The van der Waals surface area contributed by atoms with Crippen molar-refractivity contribution >= 4 is 23.7 Å². The fraction of sp³-hybridized carbons (Fsp3) is 0.214. The average Bonchev–Trinajstić information content (AvgIpc) is 2.94. The number of nitrogens with two attached hydrogens (primary N) is 1. The van der Waals surface area contributed by atoms with Gasteiger partial charge in [-0.3, -0.25) is 14.7 Å². The second-order valence-electron chi connectivity index (χ2n) is 4.39. The molecule has 0 bridgehead atoms. The van der Waals surface area contributed by atoms with Crippen molar-refractivity contribution in [2.45, 2.75) is 17.3 Å². The molecule has 116 valence electrons. The first-order chi connectivity index (χ1) is 10.5. The molecule has 1 aromatic carbocycles. The Kier molecular flexibility index (Phi) is 5.05. The van der Waals surface area contributed by atoms with Gasteiger partial charge in [-0.2, -0.15) is 0 Å². The van der Waals surface area contributed by atoms with Crippen molar-refractivity contribution < 1.29 is 14.3 Å². The summed E-state index contributed by atoms with van der Waals surface area (Å²) in [6, 6.07) is 6.61. The van der Waals surface area contributed by atoms with Crippen LogP contribution in [-0.2, 0) is 4.79 Å². The summed E-state index contributed by atoms with van der Waals surface area (Å²) >= 11 is 1.23. The van der Waals surface area contributed by atoms with Crippen molar-refractivity contribution in [3.63, 3.8) is 0 Å². The van der Waals surface area contributed by atoms with Crippen LogP contribution in [0.1, 0.15) is 6.92 Å². The highest BCUT2D eigenvalue weighted by Crippen LogP contribution is 2.26. The molecule has 7 nitrogen and oxygen atoms in total. The summed E-state index contributed by atoms with van der Waals surface area (Å²) in [6.45, 7) is 1.67. The maximum Gasteiger partial charge on any atom is 0.318 e. The lowest BCUT2D eigenvalue weighted by atomic mass is 10.3. The van der Waals surface area contributed by atoms with E-state index in [1.54, 1.807) is 26.4 Å². The number of aromatic nitrogens is 2. The third-order valence-corrected chi connectivity index (χ3v) is 3.92. The van der Waals surface area contributed by atoms with Crippen LogP contribution in [0, 0.1) is 0 Å². The number of ether oxygens (including phenoxy) is 1. The van der Waals surface area contributed by atoms with Gasteiger partial charge < -0.3 is 10.5 Å². The van der Waals surface area contributed by atoms with Gasteiger partial charge in [0.05, 0.1) is 18.0 Å². The van der Waals surface area contributed by atoms with Crippen LogP contribution >= 0.6 is 11.8 Å². The van der Waals surface area contributed by atoms with Gasteiger partial charge >= 0.3 is 6.03 Å². The summed E-state index contributed by atoms with van der Waals surface area (Å²) in [5.74, 6) is 0.263. The number of rotatable bonds is 5. The number of benzene rings is 1. The van der Waals surface area contributed by atoms with Crippen molar-refractivity contribution in [3.8, 4) is 11.4 Å². The number of carbonyl (C=O) groups is 2. The number of hydrogen-bond donors (Lipinski definition) is 2. The Labute approximate surface area is 131 Å². The number of nitrogens with zero attached hydrogens (tertiary/aromatic N) is 2. The molecule has 3 N–H and O–H groups in total. The molecule has 8 heteroatoms. The predicted molar refractivity (Wildman–Crippen MR) is 83.2 cm³/mol. The molecular weight excluding hydrogens is 304 g/mol. The molecule has 0 radical (unpaired) electrons. The molecule has 0 saturated heterocycles. The molecule has 1 aromatic heterocycles. The van der Waals surface area contributed by atoms with Gasteiger partial charge in [-0.25, -0.2) is 9.78 Å². The number of nitrogens with one attached hydrogen (secondary N) is 1. The van der Waals surface area contributed by atoms with E-state index in [0.717, 1.165) is 11.4 Å². The van der Waals surface area contributed by atoms with Crippen LogP contribution in [0.5, 0.6) is 5.75 Å². The highest BCUT2D eigenvalue weighted by atomic mass is 32.2. The molecule has 3 amide bonds. The van der Waals surface area contributed by atoms with Crippen LogP contribution in [-0.4, -0.2) is 33.8 Å². The van der Waals surface area contributed by atoms with E-state index in [9.17, 15) is 9.59 Å². The lowest BCUT2D eigenvalue weighted by Gasteiger charge is -2.12. The van der Waals surface area contributed by atoms with Gasteiger partial charge in [0.2, 0.25) is 5.91 Å². The Bertz CT molecular complexity index is 686. The lowest BCUT2D eigenvalue weighted by molar-refractivity contribution is -0.119. The summed E-state index contributed by atoms with van der Waals surface area (Å²) < 4.78 is 7.03. The van der Waals surface area contributed by atoms with E-state index in [2.05, 4.69) is 10.3 Å². The monoisotopic (exact) mass is 320 g/mol. The molecule has 2 rings (SSSR count). The van der Waals surface area contributed by atoms with Gasteiger partial charge in [-0.15, -0.1) is 0 Å². The molecule has 0 aliphatic carbocycles. The fourth-order valence-corrected chi connectivity index (χ4v) is 2.65. The Hall–Kier alpha value is -2.48. The topological polar surface area (TPSA) is 99.2 Å². The van der Waals surface area contributed by atoms with E-state index < -0.39 is 17.2 Å². The van der Waals surface area contributed by atoms with Gasteiger partial charge in [0.25, 0.3) is 0 Å². The molecule has 22 heavy (non-hydrogen) atoms. The molecule has 1 heterocycles. The van der Waals surface area contributed by atoms with Crippen LogP contribution in [0.4, 0.5) is 4.79 Å². The number of imidazole rings is 1. The van der Waals surface area contributed by atoms with Gasteiger partial charge in [0.1, 0.15) is 5.75 Å². The SMILES string of the molecule is COc1cccc(-n2ccnc2SC(C)C(=O)NC(N)=O)c1. The fourth-order valence-electron chi connectivity index (χ4n) is 1.77. The standard InChI is InChI=1S/C14H16N4O3S/c1-9(12(19)17-13(15)20)22-14-16-6-7-18(14)10-4-3-5-11(8-10)21-2/h3-9H,1-2H3,(H3,15,17,19,20). The normalized spacial score (nSPS) is 11.7. The zero-order chi connectivity index (χ0) is 16.1. The second kappa shape index (κ2) is 6.99. The third-order valence-electron chi connectivity index (χ3n) is 2.84. The van der Waals surface area contributed by atoms with E-state index in [1.165, 1.54) is 11.8 Å². The summed E-state index contributed by atoms with van der Waals surface area (Å²) in [4.78, 5) is 26.7. The van der Waals surface area contributed by atoms with Crippen LogP contribution in [0.3, 0.4) is 0 Å². The Balaban J connectivity index is 2.19. The molecule has 0 fully saturated rings. The number of carbonyl (C=O) groups excluding carboxylic acids is 2. The zero-order valence-corrected chi connectivity index (χ0v) is 13.0. The maximum absolute atomic E-state index is 11.7. The van der Waals surface area contributed by atoms with Gasteiger partial charge in [-0.1, -0.05) is 17.8 Å². The minimum absolute atomic E-state index is 0.460. The van der Waals surface area contributed by atoms with Crippen LogP contribution < -0.4 is 15.8 Å². The Morgan fingerprint density at radius 1 is 1.45 bits per heavy atom. The molecule has 1 atom stereocenters. The van der Waals surface area contributed by atoms with Crippen molar-refractivity contribution in [1.29, 1.82) is 0 Å². The summed E-state index contributed by atoms with van der Waals surface area (Å²) in [5, 5.41) is 2.17. The van der Waals surface area contributed by atoms with E-state index in [1.807, 2.05) is 28.8 Å². The zero-order valence-electron chi connectivity index (χ0n) is 12.1. The van der Waals surface area contributed by atoms with E-state index >= 15 is 0 Å². The Morgan fingerprint density at radius 2 is 2.23 bits per heavy atom. The third kappa shape index (κ3) is 3.79. The van der Waals surface area contributed by atoms with E-state index in [-0.39, 0.29) is 0 Å². The van der Waals surface area contributed by atoms with Crippen LogP contribution in [0.15, 0.2) is 41.8 Å². The largest absolute Gasteiger partial charge is 0.497 e. The Morgan fingerprint density at radius 3 is 2.91 bits per heavy atom. The quantitative estimate of drug-likeness (QED) is 0.814. The number of hydrogen-bond acceptors (Lipinski definition) is 5. The molecule has 0 aliphatic rings.